The number of thioether (sulfide) groups is 1. The number of benzene rings is 3. The summed E-state index contributed by atoms with van der Waals surface area (Å²) in [4.78, 5) is 14.8. The van der Waals surface area contributed by atoms with Gasteiger partial charge in [0.25, 0.3) is 0 Å². The summed E-state index contributed by atoms with van der Waals surface area (Å²) in [7, 11) is 0. The zero-order chi connectivity index (χ0) is 21.4. The van der Waals surface area contributed by atoms with Crippen LogP contribution in [0.25, 0.3) is 0 Å². The predicted molar refractivity (Wildman–Crippen MR) is 130 cm³/mol. The lowest BCUT2D eigenvalue weighted by molar-refractivity contribution is -0.116. The Morgan fingerprint density at radius 3 is 2.23 bits per heavy atom. The molecule has 3 aromatic rings. The fourth-order valence-corrected chi connectivity index (χ4v) is 5.02. The van der Waals surface area contributed by atoms with Crippen molar-refractivity contribution in [3.05, 3.63) is 101 Å². The molecule has 2 N–H and O–H groups in total. The Hall–Kier alpha value is -2.98. The van der Waals surface area contributed by atoms with E-state index < -0.39 is 0 Å². The molecule has 3 nitrogen and oxygen atoms in total. The van der Waals surface area contributed by atoms with E-state index in [4.69, 9.17) is 0 Å². The third kappa shape index (κ3) is 3.88. The fraction of sp³-hybridized carbons (Fsp3) is 0.222. The van der Waals surface area contributed by atoms with Gasteiger partial charge in [0.15, 0.2) is 5.78 Å². The molecule has 156 valence electrons. The van der Waals surface area contributed by atoms with E-state index in [2.05, 4.69) is 84.5 Å². The topological polar surface area (TPSA) is 41.1 Å². The van der Waals surface area contributed by atoms with Crippen LogP contribution in [0.15, 0.2) is 89.0 Å². The Kier molecular flexibility index (Phi) is 5.33. The minimum Gasteiger partial charge on any atom is -0.372 e. The highest BCUT2D eigenvalue weighted by atomic mass is 32.2. The van der Waals surface area contributed by atoms with Gasteiger partial charge in [-0.3, -0.25) is 4.79 Å². The van der Waals surface area contributed by atoms with Gasteiger partial charge in [0, 0.05) is 22.6 Å². The maximum Gasteiger partial charge on any atom is 0.163 e. The molecule has 0 bridgehead atoms. The maximum atomic E-state index is 13.5. The van der Waals surface area contributed by atoms with Crippen LogP contribution in [0.2, 0.25) is 0 Å². The quantitative estimate of drug-likeness (QED) is 0.458. The summed E-state index contributed by atoms with van der Waals surface area (Å²) >= 11 is 1.73. The second kappa shape index (κ2) is 8.27. The molecule has 0 saturated heterocycles. The van der Waals surface area contributed by atoms with Gasteiger partial charge < -0.3 is 10.6 Å². The van der Waals surface area contributed by atoms with Gasteiger partial charge in [-0.15, -0.1) is 11.8 Å². The molecule has 0 saturated carbocycles. The van der Waals surface area contributed by atoms with Gasteiger partial charge in [-0.25, -0.2) is 0 Å². The molecule has 0 spiro atoms. The largest absolute Gasteiger partial charge is 0.372 e. The number of carbonyl (C=O) groups is 1. The number of fused-ring (bicyclic) bond motifs is 1. The van der Waals surface area contributed by atoms with Crippen molar-refractivity contribution in [1.29, 1.82) is 0 Å². The van der Waals surface area contributed by atoms with E-state index in [9.17, 15) is 4.79 Å². The Morgan fingerprint density at radius 1 is 0.839 bits per heavy atom. The molecule has 4 heteroatoms. The number of anilines is 2. The molecule has 0 unspecified atom stereocenters. The Balaban J connectivity index is 1.58. The molecule has 0 amide bonds. The minimum atomic E-state index is -0.159. The predicted octanol–water partition coefficient (Wildman–Crippen LogP) is 6.70. The van der Waals surface area contributed by atoms with E-state index >= 15 is 0 Å². The first-order valence-corrected chi connectivity index (χ1v) is 11.9. The summed E-state index contributed by atoms with van der Waals surface area (Å²) in [5.41, 5.74) is 7.55. The first-order chi connectivity index (χ1) is 15.1. The molecular weight excluding hydrogens is 400 g/mol. The number of Topliss-reactive ketones (excluding diaryl/α,β-unsaturated/α-hetero) is 1. The molecule has 1 aliphatic carbocycles. The monoisotopic (exact) mass is 426 g/mol. The molecule has 3 aromatic carbocycles. The number of nitrogens with one attached hydrogen (secondary N) is 2. The van der Waals surface area contributed by atoms with Crippen LogP contribution < -0.4 is 10.6 Å². The van der Waals surface area contributed by atoms with Crippen molar-refractivity contribution in [2.24, 2.45) is 0 Å². The number of para-hydroxylation sites is 2. The maximum absolute atomic E-state index is 13.5. The second-order valence-electron chi connectivity index (χ2n) is 8.35. The molecule has 0 aromatic heterocycles. The number of allylic oxidation sites excluding steroid dienone is 1. The van der Waals surface area contributed by atoms with E-state index in [-0.39, 0.29) is 17.7 Å². The molecule has 1 aliphatic heterocycles. The molecular formula is C27H26N2OS. The van der Waals surface area contributed by atoms with E-state index in [1.54, 1.807) is 11.8 Å². The van der Waals surface area contributed by atoms with Gasteiger partial charge in [0.1, 0.15) is 0 Å². The van der Waals surface area contributed by atoms with E-state index in [1.807, 2.05) is 12.1 Å². The molecule has 5 rings (SSSR count). The third-order valence-corrected chi connectivity index (χ3v) is 7.05. The summed E-state index contributed by atoms with van der Waals surface area (Å²) in [6.07, 6.45) is 3.45. The van der Waals surface area contributed by atoms with E-state index in [0.717, 1.165) is 34.6 Å². The van der Waals surface area contributed by atoms with Crippen LogP contribution in [0.5, 0.6) is 0 Å². The third-order valence-electron chi connectivity index (χ3n) is 6.31. The van der Waals surface area contributed by atoms with Gasteiger partial charge >= 0.3 is 0 Å². The molecule has 0 fully saturated rings. The summed E-state index contributed by atoms with van der Waals surface area (Å²) in [6.45, 7) is 2.10. The van der Waals surface area contributed by atoms with Crippen molar-refractivity contribution in [3.63, 3.8) is 0 Å². The van der Waals surface area contributed by atoms with Crippen LogP contribution in [0, 0.1) is 6.92 Å². The summed E-state index contributed by atoms with van der Waals surface area (Å²) in [6, 6.07) is 25.2. The number of hydrogen-bond acceptors (Lipinski definition) is 4. The summed E-state index contributed by atoms with van der Waals surface area (Å²) < 4.78 is 0. The van der Waals surface area contributed by atoms with Crippen molar-refractivity contribution >= 4 is 28.9 Å². The smallest absolute Gasteiger partial charge is 0.163 e. The summed E-state index contributed by atoms with van der Waals surface area (Å²) in [5, 5.41) is 7.27. The normalized spacial score (nSPS) is 20.3. The number of hydrogen-bond donors (Lipinski definition) is 2. The molecule has 2 atom stereocenters. The lowest BCUT2D eigenvalue weighted by atomic mass is 9.78. The van der Waals surface area contributed by atoms with Crippen LogP contribution in [0.4, 0.5) is 11.4 Å². The van der Waals surface area contributed by atoms with Gasteiger partial charge in [-0.05, 0) is 60.9 Å². The zero-order valence-electron chi connectivity index (χ0n) is 17.8. The highest BCUT2D eigenvalue weighted by Gasteiger charge is 2.35. The van der Waals surface area contributed by atoms with Crippen LogP contribution in [-0.4, -0.2) is 12.0 Å². The fourth-order valence-electron chi connectivity index (χ4n) is 4.61. The average molecular weight is 427 g/mol. The SMILES string of the molecule is CSc1ccc([C@H]2Nc3ccccc3NC3=C2C(=O)C[C@H](c2ccc(C)cc2)C3)cc1. The number of carbonyl (C=O) groups excluding carboxylic acids is 1. The van der Waals surface area contributed by atoms with Gasteiger partial charge in [-0.1, -0.05) is 54.1 Å². The van der Waals surface area contributed by atoms with Crippen molar-refractivity contribution in [2.45, 2.75) is 36.6 Å². The van der Waals surface area contributed by atoms with E-state index in [1.165, 1.54) is 16.0 Å². The highest BCUT2D eigenvalue weighted by molar-refractivity contribution is 7.98. The first-order valence-electron chi connectivity index (χ1n) is 10.7. The number of ketones is 1. The minimum absolute atomic E-state index is 0.159. The lowest BCUT2D eigenvalue weighted by Gasteiger charge is -2.30. The Labute approximate surface area is 188 Å². The average Bonchev–Trinajstić information content (AvgIpc) is 2.96. The lowest BCUT2D eigenvalue weighted by Crippen LogP contribution is -2.26. The van der Waals surface area contributed by atoms with Crippen LogP contribution >= 0.6 is 11.8 Å². The molecule has 1 heterocycles. The van der Waals surface area contributed by atoms with Gasteiger partial charge in [-0.2, -0.15) is 0 Å². The zero-order valence-corrected chi connectivity index (χ0v) is 18.6. The second-order valence-corrected chi connectivity index (χ2v) is 9.23. The number of rotatable bonds is 3. The molecule has 2 aliphatic rings. The standard InChI is InChI=1S/C27H26N2OS/c1-17-7-9-18(10-8-17)20-15-24-26(25(30)16-20)27(19-11-13-21(31-2)14-12-19)29-23-6-4-3-5-22(23)28-24/h3-14,20,27-29H,15-16H2,1-2H3/t20-,27-/m1/s1. The Morgan fingerprint density at radius 2 is 1.52 bits per heavy atom. The van der Waals surface area contributed by atoms with Crippen molar-refractivity contribution in [2.75, 3.05) is 16.9 Å². The van der Waals surface area contributed by atoms with Gasteiger partial charge in [0.2, 0.25) is 0 Å². The van der Waals surface area contributed by atoms with Gasteiger partial charge in [0.05, 0.1) is 17.4 Å². The van der Waals surface area contributed by atoms with Crippen molar-refractivity contribution < 1.29 is 4.79 Å². The highest BCUT2D eigenvalue weighted by Crippen LogP contribution is 2.44. The number of aryl methyl sites for hydroxylation is 1. The molecule has 0 radical (unpaired) electrons. The van der Waals surface area contributed by atoms with Crippen molar-refractivity contribution in [1.82, 2.24) is 0 Å². The van der Waals surface area contributed by atoms with Crippen molar-refractivity contribution in [3.8, 4) is 0 Å². The van der Waals surface area contributed by atoms with E-state index in [0.29, 0.717) is 6.42 Å². The van der Waals surface area contributed by atoms with Crippen LogP contribution in [0.3, 0.4) is 0 Å². The molecule has 31 heavy (non-hydrogen) atoms. The first kappa shape index (κ1) is 20.0. The van der Waals surface area contributed by atoms with Crippen LogP contribution in [0.1, 0.15) is 41.5 Å². The van der Waals surface area contributed by atoms with Crippen LogP contribution in [-0.2, 0) is 4.79 Å². The summed E-state index contributed by atoms with van der Waals surface area (Å²) in [5.74, 6) is 0.419. The Bertz CT molecular complexity index is 1150.